The monoisotopic (exact) mass is 111 g/mol. The minimum atomic E-state index is -0.512. The zero-order valence-corrected chi connectivity index (χ0v) is 3.89. The van der Waals surface area contributed by atoms with Gasteiger partial charge in [-0.2, -0.15) is 9.37 Å². The van der Waals surface area contributed by atoms with Crippen molar-refractivity contribution in [1.29, 1.82) is 0 Å². The van der Waals surface area contributed by atoms with E-state index in [1.165, 1.54) is 0 Å². The molecule has 0 radical (unpaired) electrons. The van der Waals surface area contributed by atoms with E-state index in [1.807, 2.05) is 0 Å². The van der Waals surface area contributed by atoms with Crippen LogP contribution in [0.25, 0.3) is 11.3 Å². The Morgan fingerprint density at radius 1 is 1.50 bits per heavy atom. The average Bonchev–Trinajstić information content (AvgIpc) is 2.23. The summed E-state index contributed by atoms with van der Waals surface area (Å²) in [4.78, 5) is 3.38. The molecule has 0 amide bonds. The Hall–Kier alpha value is -1.12. The van der Waals surface area contributed by atoms with Crippen LogP contribution in [-0.4, -0.2) is 4.98 Å². The van der Waals surface area contributed by atoms with Crippen molar-refractivity contribution in [1.82, 2.24) is 4.98 Å². The first-order chi connectivity index (χ1) is 3.86. The Bertz CT molecular complexity index is 290. The van der Waals surface area contributed by atoms with Crippen molar-refractivity contribution in [2.45, 2.75) is 0 Å². The highest BCUT2D eigenvalue weighted by Crippen LogP contribution is 2.14. The number of pyridine rings is 1. The molecule has 0 N–H and O–H groups in total. The minimum absolute atomic E-state index is 0.236. The van der Waals surface area contributed by atoms with Crippen molar-refractivity contribution in [2.24, 2.45) is 0 Å². The molecule has 0 fully saturated rings. The molecule has 0 spiro atoms. The topological polar surface area (TPSA) is 26.0 Å². The largest absolute Gasteiger partial charge is 0.434 e. The number of nitrogens with zero attached hydrogens (tertiary/aromatic N) is 1. The summed E-state index contributed by atoms with van der Waals surface area (Å²) in [5.41, 5.74) is 0.595. The lowest BCUT2D eigenvalue weighted by Gasteiger charge is -1.70. The normalized spacial score (nSPS) is 11.1. The molecule has 0 aromatic carbocycles. The fraction of sp³-hybridized carbons (Fsp3) is 0. The number of fused-ring (bicyclic) bond motifs is 2. The van der Waals surface area contributed by atoms with Gasteiger partial charge in [0.25, 0.3) is 5.95 Å². The molecular formula is C5H2FNO. The minimum Gasteiger partial charge on any atom is -0.434 e. The van der Waals surface area contributed by atoms with Gasteiger partial charge in [-0.1, -0.05) is 0 Å². The van der Waals surface area contributed by atoms with E-state index in [-0.39, 0.29) is 5.58 Å². The molecule has 0 aliphatic heterocycles. The maximum Gasteiger partial charge on any atom is 0.259 e. The molecular weight excluding hydrogens is 109 g/mol. The maximum absolute atomic E-state index is 12.1. The zero-order valence-electron chi connectivity index (χ0n) is 3.89. The predicted molar refractivity (Wildman–Crippen MR) is 25.2 cm³/mol. The average molecular weight is 111 g/mol. The van der Waals surface area contributed by atoms with Crippen LogP contribution in [0.2, 0.25) is 0 Å². The summed E-state index contributed by atoms with van der Waals surface area (Å²) in [5.74, 6) is -0.512. The number of halogens is 1. The summed E-state index contributed by atoms with van der Waals surface area (Å²) >= 11 is 0. The van der Waals surface area contributed by atoms with Gasteiger partial charge in [0.2, 0.25) is 5.71 Å². The number of aromatic nitrogens is 1. The van der Waals surface area contributed by atoms with Gasteiger partial charge in [0.15, 0.2) is 5.58 Å². The molecule has 3 heteroatoms. The molecule has 0 saturated heterocycles. The Balaban J connectivity index is 3.02. The molecule has 2 aromatic heterocycles. The van der Waals surface area contributed by atoms with Crippen molar-refractivity contribution in [3.8, 4) is 0 Å². The molecule has 40 valence electrons. The first-order valence-electron chi connectivity index (χ1n) is 2.21. The highest BCUT2D eigenvalue weighted by molar-refractivity contribution is 5.53. The van der Waals surface area contributed by atoms with E-state index < -0.39 is 5.95 Å². The van der Waals surface area contributed by atoms with Gasteiger partial charge in [-0.05, 0) is 6.07 Å². The second-order valence-corrected chi connectivity index (χ2v) is 1.54. The number of hydrogen-bond donors (Lipinski definition) is 0. The van der Waals surface area contributed by atoms with Gasteiger partial charge in [0.05, 0.1) is 0 Å². The van der Waals surface area contributed by atoms with Crippen molar-refractivity contribution in [2.75, 3.05) is 0 Å². The summed E-state index contributed by atoms with van der Waals surface area (Å²) in [6.07, 6.45) is 0. The Labute approximate surface area is 44.3 Å². The van der Waals surface area contributed by atoms with E-state index in [9.17, 15) is 4.39 Å². The molecule has 2 aromatic rings. The van der Waals surface area contributed by atoms with Crippen molar-refractivity contribution < 1.29 is 8.81 Å². The quantitative estimate of drug-likeness (QED) is 0.480. The Kier molecular flexibility index (Phi) is 0.475. The van der Waals surface area contributed by atoms with Gasteiger partial charge >= 0.3 is 0 Å². The highest BCUT2D eigenvalue weighted by Gasteiger charge is 2.05. The van der Waals surface area contributed by atoms with Crippen molar-refractivity contribution >= 4 is 11.3 Å². The lowest BCUT2D eigenvalue weighted by atomic mass is 10.5. The van der Waals surface area contributed by atoms with Crippen LogP contribution in [0.1, 0.15) is 0 Å². The van der Waals surface area contributed by atoms with Crippen LogP contribution in [-0.2, 0) is 0 Å². The number of rotatable bonds is 0. The maximum atomic E-state index is 12.1. The van der Waals surface area contributed by atoms with Crippen LogP contribution < -0.4 is 0 Å². The first kappa shape index (κ1) is 3.83. The van der Waals surface area contributed by atoms with Crippen LogP contribution in [0.3, 0.4) is 0 Å². The van der Waals surface area contributed by atoms with Crippen LogP contribution >= 0.6 is 0 Å². The molecule has 0 unspecified atom stereocenters. The lowest BCUT2D eigenvalue weighted by Crippen LogP contribution is -1.70. The third kappa shape index (κ3) is 0.291. The fourth-order valence-electron chi connectivity index (χ4n) is 0.650. The second-order valence-electron chi connectivity index (χ2n) is 1.54. The molecule has 0 saturated carbocycles. The smallest absolute Gasteiger partial charge is 0.259 e. The summed E-state index contributed by atoms with van der Waals surface area (Å²) in [6.45, 7) is 0. The van der Waals surface area contributed by atoms with Crippen LogP contribution in [0.15, 0.2) is 16.5 Å². The second kappa shape index (κ2) is 0.992. The first-order valence-corrected chi connectivity index (χ1v) is 2.21. The van der Waals surface area contributed by atoms with Gasteiger partial charge in [0.1, 0.15) is 0 Å². The lowest BCUT2D eigenvalue weighted by molar-refractivity contribution is 0.591. The van der Waals surface area contributed by atoms with Crippen LogP contribution in [0.5, 0.6) is 0 Å². The molecule has 0 aliphatic rings. The Morgan fingerprint density at radius 2 is 2.38 bits per heavy atom. The third-order valence-electron chi connectivity index (χ3n) is 1.00. The molecule has 8 heavy (non-hydrogen) atoms. The van der Waals surface area contributed by atoms with E-state index in [1.54, 1.807) is 12.1 Å². The SMILES string of the molecule is Fc1nc2ccc1o2. The molecule has 2 rings (SSSR count). The van der Waals surface area contributed by atoms with Crippen molar-refractivity contribution in [3.63, 3.8) is 0 Å². The molecule has 0 aliphatic carbocycles. The Morgan fingerprint density at radius 3 is 2.62 bits per heavy atom. The van der Waals surface area contributed by atoms with E-state index >= 15 is 0 Å². The molecule has 2 nitrogen and oxygen atoms in total. The fourth-order valence-corrected chi connectivity index (χ4v) is 0.650. The standard InChI is InChI=1S/C5H2FNO/c6-5-3-1-2-4(7-5)8-3/h1-2H. The van der Waals surface area contributed by atoms with Gasteiger partial charge in [-0.3, -0.25) is 0 Å². The van der Waals surface area contributed by atoms with Crippen molar-refractivity contribution in [3.05, 3.63) is 18.1 Å². The van der Waals surface area contributed by atoms with Gasteiger partial charge in [-0.15, -0.1) is 0 Å². The third-order valence-corrected chi connectivity index (χ3v) is 1.00. The summed E-state index contributed by atoms with van der Waals surface area (Å²) in [6, 6.07) is 3.18. The van der Waals surface area contributed by atoms with Gasteiger partial charge in [-0.25, -0.2) is 0 Å². The molecule has 2 bridgehead atoms. The van der Waals surface area contributed by atoms with E-state index in [0.717, 1.165) is 0 Å². The van der Waals surface area contributed by atoms with Crippen LogP contribution in [0, 0.1) is 5.95 Å². The molecule has 2 heterocycles. The zero-order chi connectivity index (χ0) is 5.56. The number of furan rings is 1. The summed E-state index contributed by atoms with van der Waals surface area (Å²) in [5, 5.41) is 0. The predicted octanol–water partition coefficient (Wildman–Crippen LogP) is 1.40. The highest BCUT2D eigenvalue weighted by atomic mass is 19.1. The molecule has 0 atom stereocenters. The number of hydrogen-bond acceptors (Lipinski definition) is 2. The van der Waals surface area contributed by atoms with Crippen LogP contribution in [0.4, 0.5) is 4.39 Å². The van der Waals surface area contributed by atoms with Gasteiger partial charge < -0.3 is 4.42 Å². The number of oxazole rings is 1. The summed E-state index contributed by atoms with van der Waals surface area (Å²) in [7, 11) is 0. The summed E-state index contributed by atoms with van der Waals surface area (Å²) < 4.78 is 16.9. The van der Waals surface area contributed by atoms with E-state index in [2.05, 4.69) is 4.98 Å². The van der Waals surface area contributed by atoms with E-state index in [4.69, 9.17) is 4.42 Å². The van der Waals surface area contributed by atoms with Gasteiger partial charge in [0, 0.05) is 6.07 Å². The van der Waals surface area contributed by atoms with E-state index in [0.29, 0.717) is 5.71 Å².